The number of ether oxygens (including phenoxy) is 2. The van der Waals surface area contributed by atoms with Crippen molar-refractivity contribution < 1.29 is 14.3 Å². The van der Waals surface area contributed by atoms with Crippen LogP contribution in [0.4, 0.5) is 5.69 Å². The van der Waals surface area contributed by atoms with Gasteiger partial charge in [-0.15, -0.1) is 0 Å². The first-order chi connectivity index (χ1) is 9.19. The molecular weight excluding hydrogens is 244 g/mol. The summed E-state index contributed by atoms with van der Waals surface area (Å²) in [5.41, 5.74) is 7.41. The van der Waals surface area contributed by atoms with Crippen LogP contribution in [0.15, 0.2) is 24.3 Å². The van der Waals surface area contributed by atoms with Gasteiger partial charge in [-0.25, -0.2) is 0 Å². The standard InChI is InChI=1S/C14H20N2O3/c1-2-11(15)9-13(17)16-12-5-3-4-10(8-12)14-18-6-7-19-14/h3-5,8,11,14H,2,6-7,9,15H2,1H3,(H,16,17). The van der Waals surface area contributed by atoms with E-state index in [-0.39, 0.29) is 18.2 Å². The second-order valence-electron chi connectivity index (χ2n) is 4.62. The normalized spacial score (nSPS) is 17.4. The number of hydrogen-bond acceptors (Lipinski definition) is 4. The number of carbonyl (C=O) groups is 1. The summed E-state index contributed by atoms with van der Waals surface area (Å²) in [5, 5.41) is 2.84. The molecule has 1 heterocycles. The lowest BCUT2D eigenvalue weighted by Gasteiger charge is -2.12. The molecule has 1 atom stereocenters. The van der Waals surface area contributed by atoms with Crippen molar-refractivity contribution in [1.29, 1.82) is 0 Å². The molecule has 0 radical (unpaired) electrons. The zero-order valence-corrected chi connectivity index (χ0v) is 11.1. The van der Waals surface area contributed by atoms with Crippen LogP contribution in [-0.2, 0) is 14.3 Å². The molecule has 1 aliphatic heterocycles. The number of carbonyl (C=O) groups excluding carboxylic acids is 1. The monoisotopic (exact) mass is 264 g/mol. The molecule has 1 aliphatic rings. The molecule has 0 aliphatic carbocycles. The number of anilines is 1. The number of benzene rings is 1. The smallest absolute Gasteiger partial charge is 0.225 e. The minimum absolute atomic E-state index is 0.0697. The van der Waals surface area contributed by atoms with Gasteiger partial charge in [-0.2, -0.15) is 0 Å². The quantitative estimate of drug-likeness (QED) is 0.850. The first kappa shape index (κ1) is 14.0. The number of hydrogen-bond donors (Lipinski definition) is 2. The molecule has 104 valence electrons. The second kappa shape index (κ2) is 6.65. The van der Waals surface area contributed by atoms with E-state index in [2.05, 4.69) is 5.32 Å². The number of nitrogens with two attached hydrogens (primary N) is 1. The molecule has 2 rings (SSSR count). The van der Waals surface area contributed by atoms with E-state index >= 15 is 0 Å². The van der Waals surface area contributed by atoms with Gasteiger partial charge in [-0.05, 0) is 18.6 Å². The lowest BCUT2D eigenvalue weighted by Crippen LogP contribution is -2.26. The van der Waals surface area contributed by atoms with Crippen LogP contribution in [0.2, 0.25) is 0 Å². The van der Waals surface area contributed by atoms with Crippen molar-refractivity contribution in [2.45, 2.75) is 32.1 Å². The average Bonchev–Trinajstić information content (AvgIpc) is 2.92. The van der Waals surface area contributed by atoms with Crippen LogP contribution < -0.4 is 11.1 Å². The Morgan fingerprint density at radius 1 is 1.47 bits per heavy atom. The van der Waals surface area contributed by atoms with Crippen molar-refractivity contribution in [1.82, 2.24) is 0 Å². The van der Waals surface area contributed by atoms with E-state index in [4.69, 9.17) is 15.2 Å². The minimum Gasteiger partial charge on any atom is -0.346 e. The van der Waals surface area contributed by atoms with Crippen LogP contribution in [0.25, 0.3) is 0 Å². The van der Waals surface area contributed by atoms with Crippen molar-refractivity contribution in [2.24, 2.45) is 5.73 Å². The zero-order valence-electron chi connectivity index (χ0n) is 11.1. The van der Waals surface area contributed by atoms with Gasteiger partial charge in [0.05, 0.1) is 13.2 Å². The molecule has 5 nitrogen and oxygen atoms in total. The van der Waals surface area contributed by atoms with Gasteiger partial charge in [0.2, 0.25) is 5.91 Å². The highest BCUT2D eigenvalue weighted by molar-refractivity contribution is 5.91. The molecule has 1 aromatic rings. The predicted octanol–water partition coefficient (Wildman–Crippen LogP) is 1.80. The lowest BCUT2D eigenvalue weighted by molar-refractivity contribution is -0.116. The number of rotatable bonds is 5. The van der Waals surface area contributed by atoms with E-state index in [0.29, 0.717) is 19.6 Å². The molecule has 0 bridgehead atoms. The second-order valence-corrected chi connectivity index (χ2v) is 4.62. The van der Waals surface area contributed by atoms with Crippen LogP contribution in [0.5, 0.6) is 0 Å². The van der Waals surface area contributed by atoms with Gasteiger partial charge in [0.15, 0.2) is 6.29 Å². The fourth-order valence-corrected chi connectivity index (χ4v) is 1.91. The fourth-order valence-electron chi connectivity index (χ4n) is 1.91. The summed E-state index contributed by atoms with van der Waals surface area (Å²) in [6.07, 6.45) is 0.795. The van der Waals surface area contributed by atoms with Gasteiger partial charge < -0.3 is 20.5 Å². The fraction of sp³-hybridized carbons (Fsp3) is 0.500. The third-order valence-corrected chi connectivity index (χ3v) is 3.04. The maximum Gasteiger partial charge on any atom is 0.225 e. The first-order valence-corrected chi connectivity index (χ1v) is 6.57. The minimum atomic E-state index is -0.324. The van der Waals surface area contributed by atoms with Gasteiger partial charge in [0.25, 0.3) is 0 Å². The van der Waals surface area contributed by atoms with Crippen molar-refractivity contribution in [3.05, 3.63) is 29.8 Å². The Labute approximate surface area is 113 Å². The van der Waals surface area contributed by atoms with Crippen LogP contribution >= 0.6 is 0 Å². The molecule has 19 heavy (non-hydrogen) atoms. The topological polar surface area (TPSA) is 73.6 Å². The molecule has 0 spiro atoms. The Bertz CT molecular complexity index is 430. The van der Waals surface area contributed by atoms with E-state index in [1.165, 1.54) is 0 Å². The molecule has 1 aromatic carbocycles. The SMILES string of the molecule is CCC(N)CC(=O)Nc1cccc(C2OCCO2)c1. The molecule has 0 saturated carbocycles. The summed E-state index contributed by atoms with van der Waals surface area (Å²) in [6, 6.07) is 7.41. The summed E-state index contributed by atoms with van der Waals surface area (Å²) in [7, 11) is 0. The molecule has 3 N–H and O–H groups in total. The van der Waals surface area contributed by atoms with E-state index in [9.17, 15) is 4.79 Å². The van der Waals surface area contributed by atoms with Crippen molar-refractivity contribution in [3.8, 4) is 0 Å². The van der Waals surface area contributed by atoms with Crippen LogP contribution in [-0.4, -0.2) is 25.2 Å². The maximum atomic E-state index is 11.8. The summed E-state index contributed by atoms with van der Waals surface area (Å²) in [4.78, 5) is 11.8. The molecule has 0 aromatic heterocycles. The van der Waals surface area contributed by atoms with Gasteiger partial charge in [-0.3, -0.25) is 4.79 Å². The Morgan fingerprint density at radius 3 is 2.89 bits per heavy atom. The van der Waals surface area contributed by atoms with Gasteiger partial charge in [-0.1, -0.05) is 19.1 Å². The van der Waals surface area contributed by atoms with E-state index in [1.807, 2.05) is 31.2 Å². The zero-order chi connectivity index (χ0) is 13.7. The Morgan fingerprint density at radius 2 is 2.21 bits per heavy atom. The number of nitrogens with one attached hydrogen (secondary N) is 1. The summed E-state index contributed by atoms with van der Waals surface area (Å²) in [5.74, 6) is -0.0697. The third kappa shape index (κ3) is 4.02. The largest absolute Gasteiger partial charge is 0.346 e. The summed E-state index contributed by atoms with van der Waals surface area (Å²) < 4.78 is 10.9. The molecule has 1 saturated heterocycles. The molecule has 1 amide bonds. The molecule has 1 fully saturated rings. The van der Waals surface area contributed by atoms with E-state index in [0.717, 1.165) is 17.7 Å². The third-order valence-electron chi connectivity index (χ3n) is 3.04. The highest BCUT2D eigenvalue weighted by atomic mass is 16.7. The van der Waals surface area contributed by atoms with Crippen LogP contribution in [0, 0.1) is 0 Å². The van der Waals surface area contributed by atoms with Crippen LogP contribution in [0.3, 0.4) is 0 Å². The summed E-state index contributed by atoms with van der Waals surface area (Å²) >= 11 is 0. The lowest BCUT2D eigenvalue weighted by atomic mass is 10.1. The predicted molar refractivity (Wildman–Crippen MR) is 72.6 cm³/mol. The van der Waals surface area contributed by atoms with Crippen molar-refractivity contribution in [3.63, 3.8) is 0 Å². The average molecular weight is 264 g/mol. The van der Waals surface area contributed by atoms with Crippen molar-refractivity contribution >= 4 is 11.6 Å². The Hall–Kier alpha value is -1.43. The maximum absolute atomic E-state index is 11.8. The molecular formula is C14H20N2O3. The summed E-state index contributed by atoms with van der Waals surface area (Å²) in [6.45, 7) is 3.17. The van der Waals surface area contributed by atoms with E-state index < -0.39 is 0 Å². The Kier molecular flexibility index (Phi) is 4.90. The molecule has 1 unspecified atom stereocenters. The van der Waals surface area contributed by atoms with Gasteiger partial charge in [0.1, 0.15) is 0 Å². The highest BCUT2D eigenvalue weighted by Crippen LogP contribution is 2.25. The van der Waals surface area contributed by atoms with Crippen LogP contribution in [0.1, 0.15) is 31.6 Å². The first-order valence-electron chi connectivity index (χ1n) is 6.57. The Balaban J connectivity index is 1.96. The van der Waals surface area contributed by atoms with Gasteiger partial charge in [0, 0.05) is 23.7 Å². The number of amides is 1. The van der Waals surface area contributed by atoms with E-state index in [1.54, 1.807) is 0 Å². The molecule has 5 heteroatoms. The highest BCUT2D eigenvalue weighted by Gasteiger charge is 2.18. The van der Waals surface area contributed by atoms with Gasteiger partial charge >= 0.3 is 0 Å². The van der Waals surface area contributed by atoms with Crippen molar-refractivity contribution in [2.75, 3.05) is 18.5 Å².